The highest BCUT2D eigenvalue weighted by Gasteiger charge is 2.05. The van der Waals surface area contributed by atoms with Crippen molar-refractivity contribution in [1.29, 1.82) is 0 Å². The Labute approximate surface area is 174 Å². The molecule has 1 N–H and O–H groups in total. The van der Waals surface area contributed by atoms with E-state index in [9.17, 15) is 9.59 Å². The van der Waals surface area contributed by atoms with Gasteiger partial charge in [0.2, 0.25) is 0 Å². The molecule has 0 spiro atoms. The molecule has 0 saturated carbocycles. The van der Waals surface area contributed by atoms with Gasteiger partial charge in [0, 0.05) is 4.47 Å². The van der Waals surface area contributed by atoms with E-state index in [1.165, 1.54) is 0 Å². The van der Waals surface area contributed by atoms with Crippen LogP contribution in [0.15, 0.2) is 91.4 Å². The van der Waals surface area contributed by atoms with Crippen LogP contribution in [0.4, 0.5) is 0 Å². The molecule has 0 fully saturated rings. The largest absolute Gasteiger partial charge is 0.489 e. The summed E-state index contributed by atoms with van der Waals surface area (Å²) in [4.78, 5) is 24.7. The van der Waals surface area contributed by atoms with E-state index in [0.29, 0.717) is 6.61 Å². The number of halogens is 1. The second-order valence-electron chi connectivity index (χ2n) is 6.49. The molecule has 0 radical (unpaired) electrons. The quantitative estimate of drug-likeness (QED) is 0.475. The minimum atomic E-state index is -0.758. The SMILES string of the molecule is O=c1[nH]c(=O)n(Cc2ccc(-c3cccc(OCc4cccc(Br)c4)c3)cc2)o1. The predicted octanol–water partition coefficient (Wildman–Crippen LogP) is 4.19. The second kappa shape index (κ2) is 8.36. The number of ether oxygens (including phenoxy) is 1. The van der Waals surface area contributed by atoms with Crippen LogP contribution in [0, 0.1) is 0 Å². The number of hydrogen-bond acceptors (Lipinski definition) is 4. The Balaban J connectivity index is 1.47. The minimum absolute atomic E-state index is 0.188. The van der Waals surface area contributed by atoms with Crippen LogP contribution in [0.5, 0.6) is 5.75 Å². The van der Waals surface area contributed by atoms with Crippen LogP contribution >= 0.6 is 15.9 Å². The molecule has 0 aliphatic carbocycles. The average Bonchev–Trinajstić information content (AvgIpc) is 3.04. The summed E-state index contributed by atoms with van der Waals surface area (Å²) in [5.74, 6) is 0.0264. The first-order valence-electron chi connectivity index (χ1n) is 8.94. The number of H-pyrrole nitrogens is 1. The summed E-state index contributed by atoms with van der Waals surface area (Å²) in [7, 11) is 0. The third-order valence-corrected chi connectivity index (χ3v) is 4.86. The highest BCUT2D eigenvalue weighted by Crippen LogP contribution is 2.25. The van der Waals surface area contributed by atoms with Crippen LogP contribution < -0.4 is 16.2 Å². The smallest absolute Gasteiger partial charge is 0.440 e. The Morgan fingerprint density at radius 3 is 2.41 bits per heavy atom. The van der Waals surface area contributed by atoms with Crippen molar-refractivity contribution in [2.75, 3.05) is 0 Å². The minimum Gasteiger partial charge on any atom is -0.489 e. The van der Waals surface area contributed by atoms with Crippen LogP contribution in [0.25, 0.3) is 11.1 Å². The van der Waals surface area contributed by atoms with Gasteiger partial charge in [-0.3, -0.25) is 0 Å². The van der Waals surface area contributed by atoms with Crippen LogP contribution in [0.1, 0.15) is 11.1 Å². The molecule has 3 aromatic carbocycles. The van der Waals surface area contributed by atoms with Gasteiger partial charge in [-0.15, -0.1) is 4.74 Å². The van der Waals surface area contributed by atoms with Crippen molar-refractivity contribution in [3.63, 3.8) is 0 Å². The molecule has 1 heterocycles. The van der Waals surface area contributed by atoms with E-state index < -0.39 is 11.4 Å². The topological polar surface area (TPSA) is 77.2 Å². The maximum atomic E-state index is 11.6. The van der Waals surface area contributed by atoms with Crippen molar-refractivity contribution in [3.05, 3.63) is 109 Å². The van der Waals surface area contributed by atoms with Gasteiger partial charge < -0.3 is 9.26 Å². The third-order valence-electron chi connectivity index (χ3n) is 4.37. The summed E-state index contributed by atoms with van der Waals surface area (Å²) in [6, 6.07) is 23.6. The number of nitrogens with one attached hydrogen (secondary N) is 1. The van der Waals surface area contributed by atoms with Crippen LogP contribution in [0.2, 0.25) is 0 Å². The molecule has 6 nitrogen and oxygen atoms in total. The summed E-state index contributed by atoms with van der Waals surface area (Å²) >= 11 is 3.46. The number of nitrogens with zero attached hydrogens (tertiary/aromatic N) is 1. The van der Waals surface area contributed by atoms with Crippen LogP contribution in [0.3, 0.4) is 0 Å². The standard InChI is InChI=1S/C22H17BrN2O4/c23-19-5-1-3-16(11-19)14-28-20-6-2-4-18(12-20)17-9-7-15(8-10-17)13-25-21(26)24-22(27)29-25/h1-12H,13-14H2,(H,24,26,27). The van der Waals surface area contributed by atoms with Gasteiger partial charge in [0.1, 0.15) is 12.4 Å². The first-order chi connectivity index (χ1) is 14.1. The van der Waals surface area contributed by atoms with Gasteiger partial charge in [0.15, 0.2) is 0 Å². The van der Waals surface area contributed by atoms with E-state index in [1.807, 2.05) is 72.8 Å². The molecule has 0 amide bonds. The van der Waals surface area contributed by atoms with Gasteiger partial charge in [0.05, 0.1) is 6.54 Å². The lowest BCUT2D eigenvalue weighted by Crippen LogP contribution is -2.17. The maximum absolute atomic E-state index is 11.6. The van der Waals surface area contributed by atoms with E-state index in [1.54, 1.807) is 0 Å². The number of aromatic amines is 1. The van der Waals surface area contributed by atoms with E-state index in [-0.39, 0.29) is 6.54 Å². The fourth-order valence-corrected chi connectivity index (χ4v) is 3.39. The predicted molar refractivity (Wildman–Crippen MR) is 113 cm³/mol. The monoisotopic (exact) mass is 452 g/mol. The zero-order valence-electron chi connectivity index (χ0n) is 15.3. The third kappa shape index (κ3) is 4.75. The van der Waals surface area contributed by atoms with Crippen molar-refractivity contribution >= 4 is 15.9 Å². The summed E-state index contributed by atoms with van der Waals surface area (Å²) in [6.07, 6.45) is 0. The molecule has 7 heteroatoms. The molecule has 0 unspecified atom stereocenters. The van der Waals surface area contributed by atoms with Gasteiger partial charge in [-0.05, 0) is 46.5 Å². The number of hydrogen-bond donors (Lipinski definition) is 1. The van der Waals surface area contributed by atoms with Crippen molar-refractivity contribution in [2.45, 2.75) is 13.2 Å². The van der Waals surface area contributed by atoms with E-state index in [4.69, 9.17) is 9.26 Å². The van der Waals surface area contributed by atoms with Crippen LogP contribution in [-0.4, -0.2) is 9.72 Å². The highest BCUT2D eigenvalue weighted by atomic mass is 79.9. The molecule has 4 aromatic rings. The molecule has 0 bridgehead atoms. The van der Waals surface area contributed by atoms with Crippen LogP contribution in [-0.2, 0) is 13.2 Å². The lowest BCUT2D eigenvalue weighted by atomic mass is 10.0. The number of benzene rings is 3. The average molecular weight is 453 g/mol. The van der Waals surface area contributed by atoms with Crippen molar-refractivity contribution < 1.29 is 9.26 Å². The zero-order chi connectivity index (χ0) is 20.2. The van der Waals surface area contributed by atoms with E-state index in [2.05, 4.69) is 20.9 Å². The molecular weight excluding hydrogens is 436 g/mol. The first kappa shape index (κ1) is 19.0. The Morgan fingerprint density at radius 2 is 1.69 bits per heavy atom. The Kier molecular flexibility index (Phi) is 5.48. The summed E-state index contributed by atoms with van der Waals surface area (Å²) in [5.41, 5.74) is 3.41. The summed E-state index contributed by atoms with van der Waals surface area (Å²) < 4.78 is 12.7. The molecule has 0 aliphatic rings. The van der Waals surface area contributed by atoms with Gasteiger partial charge in [0.25, 0.3) is 0 Å². The normalized spacial score (nSPS) is 10.8. The zero-order valence-corrected chi connectivity index (χ0v) is 16.9. The van der Waals surface area contributed by atoms with Gasteiger partial charge in [-0.25, -0.2) is 14.6 Å². The molecule has 0 saturated heterocycles. The molecule has 4 rings (SSSR count). The van der Waals surface area contributed by atoms with E-state index >= 15 is 0 Å². The highest BCUT2D eigenvalue weighted by molar-refractivity contribution is 9.10. The Morgan fingerprint density at radius 1 is 0.897 bits per heavy atom. The summed E-state index contributed by atoms with van der Waals surface area (Å²) in [5, 5.41) is 0. The second-order valence-corrected chi connectivity index (χ2v) is 7.40. The molecule has 1 aromatic heterocycles. The fraction of sp³-hybridized carbons (Fsp3) is 0.0909. The van der Waals surface area contributed by atoms with Crippen molar-refractivity contribution in [3.8, 4) is 16.9 Å². The molecule has 0 atom stereocenters. The lowest BCUT2D eigenvalue weighted by molar-refractivity contribution is 0.258. The molecule has 146 valence electrons. The lowest BCUT2D eigenvalue weighted by Gasteiger charge is -2.09. The number of aromatic nitrogens is 2. The molecular formula is C22H17BrN2O4. The Bertz CT molecular complexity index is 1240. The first-order valence-corrected chi connectivity index (χ1v) is 9.73. The van der Waals surface area contributed by atoms with E-state index in [0.717, 1.165) is 37.2 Å². The molecule has 0 aliphatic heterocycles. The summed E-state index contributed by atoms with van der Waals surface area (Å²) in [6.45, 7) is 0.673. The van der Waals surface area contributed by atoms with Gasteiger partial charge in [-0.2, -0.15) is 0 Å². The van der Waals surface area contributed by atoms with Gasteiger partial charge >= 0.3 is 11.4 Å². The van der Waals surface area contributed by atoms with Gasteiger partial charge in [-0.1, -0.05) is 64.5 Å². The van der Waals surface area contributed by atoms with Crippen molar-refractivity contribution in [2.24, 2.45) is 0 Å². The maximum Gasteiger partial charge on any atom is 0.440 e. The van der Waals surface area contributed by atoms with Crippen molar-refractivity contribution in [1.82, 2.24) is 9.72 Å². The molecule has 29 heavy (non-hydrogen) atoms. The number of rotatable bonds is 6. The fourth-order valence-electron chi connectivity index (χ4n) is 2.95. The Hall–Kier alpha value is -3.32.